The highest BCUT2D eigenvalue weighted by molar-refractivity contribution is 6.75. The van der Waals surface area contributed by atoms with Crippen molar-refractivity contribution < 1.29 is 13.6 Å². The number of carbonyl (C=O) groups is 1. The molecule has 1 aliphatic rings. The lowest BCUT2D eigenvalue weighted by Crippen LogP contribution is -2.44. The maximum Gasteiger partial charge on any atom is 0.250 e. The van der Waals surface area contributed by atoms with E-state index in [-0.39, 0.29) is 32.1 Å². The monoisotopic (exact) mass is 937 g/mol. The van der Waals surface area contributed by atoms with Gasteiger partial charge in [-0.3, -0.25) is 4.79 Å². The van der Waals surface area contributed by atoms with Crippen LogP contribution in [0.25, 0.3) is 0 Å². The fraction of sp³-hybridized carbons (Fsp3) is 0.532. The average molecular weight is 938 g/mol. The zero-order chi connectivity index (χ0) is 50.4. The Hall–Kier alpha value is -4.30. The first kappa shape index (κ1) is 55.3. The first-order valence-electron chi connectivity index (χ1n) is 25.5. The Kier molecular flexibility index (Phi) is 17.8. The molecule has 0 bridgehead atoms. The van der Waals surface area contributed by atoms with Crippen LogP contribution in [0.3, 0.4) is 0 Å². The van der Waals surface area contributed by atoms with E-state index in [2.05, 4.69) is 221 Å². The molecule has 0 aromatic heterocycles. The van der Waals surface area contributed by atoms with Gasteiger partial charge in [-0.1, -0.05) is 156 Å². The third kappa shape index (κ3) is 12.1. The van der Waals surface area contributed by atoms with Crippen molar-refractivity contribution in [3.63, 3.8) is 0 Å². The van der Waals surface area contributed by atoms with E-state index in [4.69, 9.17) is 15.3 Å². The van der Waals surface area contributed by atoms with Crippen molar-refractivity contribution in [1.29, 1.82) is 0 Å². The Bertz CT molecular complexity index is 2460. The lowest BCUT2D eigenvalue weighted by Gasteiger charge is -2.38. The molecule has 0 N–H and O–H groups in total. The second-order valence-corrected chi connectivity index (χ2v) is 32.6. The van der Waals surface area contributed by atoms with Crippen molar-refractivity contribution in [2.75, 3.05) is 0 Å². The van der Waals surface area contributed by atoms with Gasteiger partial charge in [0.05, 0.1) is 0 Å². The molecular weight excluding hydrogens is 849 g/mol. The lowest BCUT2D eigenvalue weighted by atomic mass is 9.70. The van der Waals surface area contributed by atoms with Crippen molar-refractivity contribution in [3.8, 4) is 35.7 Å². The van der Waals surface area contributed by atoms with Crippen LogP contribution >= 0.6 is 0 Å². The molecule has 5 heteroatoms. The summed E-state index contributed by atoms with van der Waals surface area (Å²) >= 11 is 0. The van der Waals surface area contributed by atoms with Crippen LogP contribution in [0, 0.1) is 57.3 Å². The molecule has 5 rings (SSSR count). The molecule has 3 nitrogen and oxygen atoms in total. The number of hydrogen-bond acceptors (Lipinski definition) is 3. The smallest absolute Gasteiger partial charge is 0.250 e. The van der Waals surface area contributed by atoms with Gasteiger partial charge in [-0.2, -0.15) is 0 Å². The van der Waals surface area contributed by atoms with E-state index in [0.717, 1.165) is 79.6 Å². The maximum atomic E-state index is 12.9. The third-order valence-electron chi connectivity index (χ3n) is 16.7. The molecule has 0 heterocycles. The molecule has 67 heavy (non-hydrogen) atoms. The Morgan fingerprint density at radius 3 is 1.22 bits per heavy atom. The predicted molar refractivity (Wildman–Crippen MR) is 294 cm³/mol. The molecule has 0 atom stereocenters. The lowest BCUT2D eigenvalue weighted by molar-refractivity contribution is -0.123. The Morgan fingerprint density at radius 2 is 0.910 bits per heavy atom. The number of hydrogen-bond donors (Lipinski definition) is 0. The molecule has 0 aliphatic heterocycles. The summed E-state index contributed by atoms with van der Waals surface area (Å²) in [4.78, 5) is 12.9. The van der Waals surface area contributed by atoms with Gasteiger partial charge >= 0.3 is 0 Å². The van der Waals surface area contributed by atoms with Crippen LogP contribution in [0.15, 0.2) is 72.8 Å². The minimum Gasteiger partial charge on any atom is -0.543 e. The van der Waals surface area contributed by atoms with Crippen LogP contribution < -0.4 is 8.85 Å². The number of carbonyl (C=O) groups excluding carboxylic acids is 1. The third-order valence-corrected chi connectivity index (χ3v) is 25.4. The second kappa shape index (κ2) is 21.6. The van der Waals surface area contributed by atoms with Crippen LogP contribution in [0.1, 0.15) is 190 Å². The molecule has 4 aromatic rings. The number of ketones is 1. The summed E-state index contributed by atoms with van der Waals surface area (Å²) in [6.45, 7) is 42.7. The predicted octanol–water partition coefficient (Wildman–Crippen LogP) is 17.5. The normalized spacial score (nSPS) is 14.5. The standard InChI is InChI=1S/C35H50O2Si.C27H38OSi/c1-11-35(12-2,30-19-20-31(27(4)25-30)37-38(9,10)33(5,6)7)29-18-16-28(26(3)24-29)17-21-32(36)34(8)22-14-13-15-23-34;1-11-22-14-15-23(18-20(22)4)27(12-2,13-3)24-16-17-25(21(5)19-24)28-29(9,10)26(6,7)8/h16,18-20,24-25H,11-15,22-23H2,1-10H3;1,14-19H,12-13H2,2-10H3. The summed E-state index contributed by atoms with van der Waals surface area (Å²) in [5.41, 5.74) is 11.6. The van der Waals surface area contributed by atoms with E-state index >= 15 is 0 Å². The first-order valence-corrected chi connectivity index (χ1v) is 31.3. The van der Waals surface area contributed by atoms with Gasteiger partial charge < -0.3 is 8.85 Å². The van der Waals surface area contributed by atoms with E-state index in [0.29, 0.717) is 0 Å². The van der Waals surface area contributed by atoms with Gasteiger partial charge in [0.15, 0.2) is 0 Å². The highest BCUT2D eigenvalue weighted by atomic mass is 28.4. The molecule has 1 aliphatic carbocycles. The average Bonchev–Trinajstić information content (AvgIpc) is 3.26. The molecular formula is C62H88O3Si2. The SMILES string of the molecule is C#Cc1ccc(C(CC)(CC)c2ccc(O[Si](C)(C)C(C)(C)C)c(C)c2)cc1C.CCC(CC)(c1ccc(C#CC(=O)C2(C)CCCCC2)c(C)c1)c1ccc(O[Si](C)(C)C(C)(C)C)c(C)c1. The molecule has 0 unspecified atom stereocenters. The summed E-state index contributed by atoms with van der Waals surface area (Å²) in [7, 11) is -3.76. The Balaban J connectivity index is 0.000000304. The van der Waals surface area contributed by atoms with E-state index in [1.807, 2.05) is 0 Å². The summed E-state index contributed by atoms with van der Waals surface area (Å²) < 4.78 is 13.3. The highest BCUT2D eigenvalue weighted by Crippen LogP contribution is 2.45. The minimum atomic E-state index is -1.90. The molecule has 0 amide bonds. The minimum absolute atomic E-state index is 0.0157. The topological polar surface area (TPSA) is 35.5 Å². The van der Waals surface area contributed by atoms with Crippen molar-refractivity contribution in [2.45, 2.75) is 209 Å². The largest absolute Gasteiger partial charge is 0.543 e. The zero-order valence-corrected chi connectivity index (χ0v) is 47.6. The molecule has 1 saturated carbocycles. The Labute approximate surface area is 412 Å². The fourth-order valence-corrected chi connectivity index (χ4v) is 11.7. The summed E-state index contributed by atoms with van der Waals surface area (Å²) in [5, 5.41) is 0.348. The molecule has 4 aromatic carbocycles. The van der Waals surface area contributed by atoms with Crippen LogP contribution in [-0.2, 0) is 15.6 Å². The van der Waals surface area contributed by atoms with Gasteiger partial charge in [0, 0.05) is 27.4 Å². The summed E-state index contributed by atoms with van der Waals surface area (Å²) in [6, 6.07) is 26.8. The van der Waals surface area contributed by atoms with Crippen molar-refractivity contribution in [3.05, 3.63) is 128 Å². The van der Waals surface area contributed by atoms with Crippen LogP contribution in [0.4, 0.5) is 0 Å². The van der Waals surface area contributed by atoms with E-state index < -0.39 is 16.6 Å². The van der Waals surface area contributed by atoms with E-state index in [1.165, 1.54) is 45.4 Å². The first-order chi connectivity index (χ1) is 31.1. The van der Waals surface area contributed by atoms with E-state index in [1.54, 1.807) is 0 Å². The van der Waals surface area contributed by atoms with Crippen LogP contribution in [0.2, 0.25) is 36.3 Å². The maximum absolute atomic E-state index is 12.9. The number of aryl methyl sites for hydroxylation is 4. The van der Waals surface area contributed by atoms with Gasteiger partial charge in [0.25, 0.3) is 0 Å². The van der Waals surface area contributed by atoms with Gasteiger partial charge in [0.2, 0.25) is 22.4 Å². The highest BCUT2D eigenvalue weighted by Gasteiger charge is 2.41. The molecule has 0 radical (unpaired) electrons. The number of benzene rings is 4. The van der Waals surface area contributed by atoms with Crippen LogP contribution in [-0.4, -0.2) is 22.4 Å². The molecule has 1 fully saturated rings. The molecule has 362 valence electrons. The number of terminal acetylenes is 1. The van der Waals surface area contributed by atoms with Gasteiger partial charge in [-0.15, -0.1) is 6.42 Å². The van der Waals surface area contributed by atoms with Crippen molar-refractivity contribution in [1.82, 2.24) is 0 Å². The van der Waals surface area contributed by atoms with Gasteiger partial charge in [-0.05, 0) is 177 Å². The van der Waals surface area contributed by atoms with Crippen molar-refractivity contribution in [2.24, 2.45) is 5.41 Å². The number of Topliss-reactive ketones (excluding diaryl/α,β-unsaturated/α-hetero) is 1. The van der Waals surface area contributed by atoms with Crippen molar-refractivity contribution >= 4 is 22.4 Å². The summed E-state index contributed by atoms with van der Waals surface area (Å²) in [6.07, 6.45) is 15.2. The molecule has 0 spiro atoms. The molecule has 0 saturated heterocycles. The quantitative estimate of drug-likeness (QED) is 0.0990. The zero-order valence-electron chi connectivity index (χ0n) is 45.6. The fourth-order valence-electron chi connectivity index (χ4n) is 9.50. The van der Waals surface area contributed by atoms with Crippen LogP contribution in [0.5, 0.6) is 11.5 Å². The van der Waals surface area contributed by atoms with Gasteiger partial charge in [-0.25, -0.2) is 0 Å². The summed E-state index contributed by atoms with van der Waals surface area (Å²) in [5.74, 6) is 11.2. The number of rotatable bonds is 13. The van der Waals surface area contributed by atoms with E-state index in [9.17, 15) is 4.79 Å². The van der Waals surface area contributed by atoms with Gasteiger partial charge in [0.1, 0.15) is 11.5 Å². The Morgan fingerprint density at radius 1 is 0.567 bits per heavy atom. The second-order valence-electron chi connectivity index (χ2n) is 23.2.